The minimum absolute atomic E-state index is 0.172. The molecule has 0 saturated carbocycles. The molecule has 0 fully saturated rings. The molecule has 0 aliphatic carbocycles. The van der Waals surface area contributed by atoms with Crippen LogP contribution in [0.1, 0.15) is 10.9 Å². The van der Waals surface area contributed by atoms with E-state index in [1.807, 2.05) is 30.3 Å². The zero-order valence-electron chi connectivity index (χ0n) is 8.72. The molecule has 0 spiro atoms. The van der Waals surface area contributed by atoms with Gasteiger partial charge in [-0.3, -0.25) is 4.57 Å². The summed E-state index contributed by atoms with van der Waals surface area (Å²) in [6.45, 7) is 0. The summed E-state index contributed by atoms with van der Waals surface area (Å²) >= 11 is 6.12. The minimum atomic E-state index is -3.03. The smallest absolute Gasteiger partial charge is 0.312 e. The first-order valence-electron chi connectivity index (χ1n) is 4.51. The summed E-state index contributed by atoms with van der Waals surface area (Å²) < 4.78 is 21.5. The number of halogens is 1. The third-order valence-electron chi connectivity index (χ3n) is 2.10. The molecule has 1 rings (SSSR count). The van der Waals surface area contributed by atoms with E-state index in [0.29, 0.717) is 0 Å². The van der Waals surface area contributed by atoms with Crippen molar-refractivity contribution in [1.82, 2.24) is 0 Å². The van der Waals surface area contributed by atoms with Gasteiger partial charge < -0.3 is 9.05 Å². The topological polar surface area (TPSA) is 35.5 Å². The van der Waals surface area contributed by atoms with Gasteiger partial charge in [0.05, 0.1) is 11.5 Å². The van der Waals surface area contributed by atoms with Crippen LogP contribution in [-0.4, -0.2) is 20.4 Å². The number of benzene rings is 1. The van der Waals surface area contributed by atoms with E-state index in [9.17, 15) is 4.57 Å². The first-order chi connectivity index (χ1) is 7.11. The maximum Gasteiger partial charge on any atom is 0.331 e. The first kappa shape index (κ1) is 12.7. The van der Waals surface area contributed by atoms with Crippen molar-refractivity contribution in [3.8, 4) is 0 Å². The molecule has 1 aromatic rings. The summed E-state index contributed by atoms with van der Waals surface area (Å²) in [7, 11) is -0.315. The Morgan fingerprint density at radius 1 is 1.27 bits per heavy atom. The summed E-state index contributed by atoms with van der Waals surface area (Å²) in [5.74, 6) is 0. The van der Waals surface area contributed by atoms with E-state index in [4.69, 9.17) is 20.6 Å². The normalized spacial score (nSPS) is 13.8. The fourth-order valence-corrected chi connectivity index (χ4v) is 2.89. The third-order valence-corrected chi connectivity index (χ3v) is 4.65. The van der Waals surface area contributed by atoms with Gasteiger partial charge in [0.1, 0.15) is 0 Å². The molecule has 84 valence electrons. The Balaban J connectivity index is 2.71. The Morgan fingerprint density at radius 2 is 1.80 bits per heavy atom. The SMILES string of the molecule is COP(=O)(CC(Cl)c1ccccc1)OC. The molecule has 0 aromatic heterocycles. The van der Waals surface area contributed by atoms with Crippen molar-refractivity contribution < 1.29 is 13.6 Å². The highest BCUT2D eigenvalue weighted by Gasteiger charge is 2.26. The Hall–Kier alpha value is -0.340. The van der Waals surface area contributed by atoms with Crippen LogP contribution in [0.5, 0.6) is 0 Å². The zero-order valence-corrected chi connectivity index (χ0v) is 10.4. The molecule has 0 aliphatic heterocycles. The molecule has 5 heteroatoms. The molecule has 3 nitrogen and oxygen atoms in total. The zero-order chi connectivity index (χ0) is 11.3. The van der Waals surface area contributed by atoms with E-state index < -0.39 is 7.60 Å². The van der Waals surface area contributed by atoms with Crippen LogP contribution in [0.15, 0.2) is 30.3 Å². The van der Waals surface area contributed by atoms with E-state index in [-0.39, 0.29) is 11.5 Å². The van der Waals surface area contributed by atoms with E-state index in [2.05, 4.69) is 0 Å². The van der Waals surface area contributed by atoms with Crippen molar-refractivity contribution in [1.29, 1.82) is 0 Å². The quantitative estimate of drug-likeness (QED) is 0.591. The highest BCUT2D eigenvalue weighted by atomic mass is 35.5. The highest BCUT2D eigenvalue weighted by molar-refractivity contribution is 7.53. The molecule has 0 bridgehead atoms. The summed E-state index contributed by atoms with van der Waals surface area (Å²) in [4.78, 5) is 0. The molecule has 0 amide bonds. The van der Waals surface area contributed by atoms with Crippen molar-refractivity contribution in [3.63, 3.8) is 0 Å². The van der Waals surface area contributed by atoms with Gasteiger partial charge in [-0.15, -0.1) is 11.6 Å². The van der Waals surface area contributed by atoms with Gasteiger partial charge in [0, 0.05) is 14.2 Å². The van der Waals surface area contributed by atoms with Gasteiger partial charge >= 0.3 is 7.60 Å². The third kappa shape index (κ3) is 3.62. The van der Waals surface area contributed by atoms with Crippen LogP contribution in [0, 0.1) is 0 Å². The Labute approximate surface area is 94.9 Å². The molecule has 0 N–H and O–H groups in total. The number of alkyl halides is 1. The first-order valence-corrected chi connectivity index (χ1v) is 6.67. The fraction of sp³-hybridized carbons (Fsp3) is 0.400. The Morgan fingerprint density at radius 3 is 2.27 bits per heavy atom. The molecule has 1 aromatic carbocycles. The molecule has 15 heavy (non-hydrogen) atoms. The van der Waals surface area contributed by atoms with Crippen LogP contribution in [0.2, 0.25) is 0 Å². The number of rotatable bonds is 5. The van der Waals surface area contributed by atoms with Gasteiger partial charge in [-0.05, 0) is 5.56 Å². The summed E-state index contributed by atoms with van der Waals surface area (Å²) in [5, 5.41) is -0.364. The number of hydrogen-bond donors (Lipinski definition) is 0. The molecular formula is C10H14ClO3P. The molecule has 0 aliphatic rings. The summed E-state index contributed by atoms with van der Waals surface area (Å²) in [5.41, 5.74) is 0.911. The van der Waals surface area contributed by atoms with Crippen LogP contribution in [-0.2, 0) is 13.6 Å². The second-order valence-corrected chi connectivity index (χ2v) is 5.88. The lowest BCUT2D eigenvalue weighted by atomic mass is 10.2. The van der Waals surface area contributed by atoms with Gasteiger partial charge in [0.15, 0.2) is 0 Å². The lowest BCUT2D eigenvalue weighted by Crippen LogP contribution is -2.01. The van der Waals surface area contributed by atoms with E-state index in [1.54, 1.807) is 0 Å². The minimum Gasteiger partial charge on any atom is -0.312 e. The second-order valence-electron chi connectivity index (χ2n) is 3.04. The predicted octanol–water partition coefficient (Wildman–Crippen LogP) is 3.45. The van der Waals surface area contributed by atoms with Crippen molar-refractivity contribution >= 4 is 19.2 Å². The number of hydrogen-bond acceptors (Lipinski definition) is 3. The van der Waals surface area contributed by atoms with Crippen molar-refractivity contribution in [2.75, 3.05) is 20.4 Å². The second kappa shape index (κ2) is 5.66. The predicted molar refractivity (Wildman–Crippen MR) is 61.5 cm³/mol. The largest absolute Gasteiger partial charge is 0.331 e. The monoisotopic (exact) mass is 248 g/mol. The van der Waals surface area contributed by atoms with Gasteiger partial charge in [0.2, 0.25) is 0 Å². The highest BCUT2D eigenvalue weighted by Crippen LogP contribution is 2.50. The van der Waals surface area contributed by atoms with Crippen LogP contribution in [0.4, 0.5) is 0 Å². The Bertz CT molecular complexity index is 334. The van der Waals surface area contributed by atoms with E-state index in [0.717, 1.165) is 5.56 Å². The average Bonchev–Trinajstić information content (AvgIpc) is 2.30. The molecule has 1 atom stereocenters. The van der Waals surface area contributed by atoms with Crippen LogP contribution >= 0.6 is 19.2 Å². The van der Waals surface area contributed by atoms with Crippen molar-refractivity contribution in [2.45, 2.75) is 5.38 Å². The van der Waals surface area contributed by atoms with Gasteiger partial charge in [-0.25, -0.2) is 0 Å². The molecular weight excluding hydrogens is 235 g/mol. The van der Waals surface area contributed by atoms with Crippen LogP contribution < -0.4 is 0 Å². The average molecular weight is 249 g/mol. The maximum atomic E-state index is 11.8. The van der Waals surface area contributed by atoms with Crippen molar-refractivity contribution in [2.24, 2.45) is 0 Å². The van der Waals surface area contributed by atoms with E-state index >= 15 is 0 Å². The van der Waals surface area contributed by atoms with Crippen LogP contribution in [0.3, 0.4) is 0 Å². The Kier molecular flexibility index (Phi) is 4.81. The van der Waals surface area contributed by atoms with Gasteiger partial charge in [-0.1, -0.05) is 30.3 Å². The van der Waals surface area contributed by atoms with Crippen molar-refractivity contribution in [3.05, 3.63) is 35.9 Å². The fourth-order valence-electron chi connectivity index (χ4n) is 1.19. The standard InChI is InChI=1S/C10H14ClO3P/c1-13-15(12,14-2)8-10(11)9-6-4-3-5-7-9/h3-7,10H,8H2,1-2H3. The van der Waals surface area contributed by atoms with Gasteiger partial charge in [-0.2, -0.15) is 0 Å². The summed E-state index contributed by atoms with van der Waals surface area (Å²) in [6, 6.07) is 9.44. The molecule has 0 heterocycles. The molecule has 0 saturated heterocycles. The lowest BCUT2D eigenvalue weighted by molar-refractivity contribution is 0.275. The lowest BCUT2D eigenvalue weighted by Gasteiger charge is -2.17. The molecule has 1 unspecified atom stereocenters. The van der Waals surface area contributed by atoms with Crippen LogP contribution in [0.25, 0.3) is 0 Å². The molecule has 0 radical (unpaired) electrons. The van der Waals surface area contributed by atoms with E-state index in [1.165, 1.54) is 14.2 Å². The van der Waals surface area contributed by atoms with Gasteiger partial charge in [0.25, 0.3) is 0 Å². The maximum absolute atomic E-state index is 11.8. The summed E-state index contributed by atoms with van der Waals surface area (Å²) in [6.07, 6.45) is 0.172.